The molecule has 0 spiro atoms. The van der Waals surface area contributed by atoms with Gasteiger partial charge in [0, 0.05) is 18.1 Å². The van der Waals surface area contributed by atoms with E-state index in [-0.39, 0.29) is 18.1 Å². The average molecular weight is 283 g/mol. The van der Waals surface area contributed by atoms with E-state index in [9.17, 15) is 9.18 Å². The molecule has 0 saturated heterocycles. The second-order valence-corrected chi connectivity index (χ2v) is 4.94. The lowest BCUT2D eigenvalue weighted by Gasteiger charge is -2.03. The number of imidazole rings is 1. The van der Waals surface area contributed by atoms with Crippen LogP contribution in [0.2, 0.25) is 0 Å². The number of pyridine rings is 1. The third-order valence-corrected chi connectivity index (χ3v) is 3.14. The molecule has 0 aliphatic carbocycles. The predicted molar refractivity (Wildman–Crippen MR) is 78.7 cm³/mol. The Labute approximate surface area is 121 Å². The second kappa shape index (κ2) is 5.36. The highest BCUT2D eigenvalue weighted by Crippen LogP contribution is 2.11. The molecule has 0 radical (unpaired) electrons. The molecule has 0 saturated carbocycles. The number of hydrogen-bond donors (Lipinski definition) is 1. The smallest absolute Gasteiger partial charge is 0.230 e. The summed E-state index contributed by atoms with van der Waals surface area (Å²) < 4.78 is 14.7. The van der Waals surface area contributed by atoms with Gasteiger partial charge in [-0.1, -0.05) is 17.7 Å². The van der Waals surface area contributed by atoms with E-state index >= 15 is 0 Å². The van der Waals surface area contributed by atoms with Crippen molar-refractivity contribution in [1.29, 1.82) is 0 Å². The number of aromatic nitrogens is 2. The third-order valence-electron chi connectivity index (χ3n) is 3.14. The van der Waals surface area contributed by atoms with Crippen LogP contribution >= 0.6 is 0 Å². The normalized spacial score (nSPS) is 10.8. The quantitative estimate of drug-likeness (QED) is 0.803. The summed E-state index contributed by atoms with van der Waals surface area (Å²) in [6.07, 6.45) is 3.15. The maximum Gasteiger partial charge on any atom is 0.230 e. The number of benzene rings is 1. The topological polar surface area (TPSA) is 46.4 Å². The number of hydrogen-bond acceptors (Lipinski definition) is 2. The Morgan fingerprint density at radius 3 is 2.71 bits per heavy atom. The number of halogens is 1. The summed E-state index contributed by atoms with van der Waals surface area (Å²) in [5.41, 5.74) is 3.11. The van der Waals surface area contributed by atoms with Crippen LogP contribution in [0.5, 0.6) is 0 Å². The number of nitrogens with one attached hydrogen (secondary N) is 1. The molecular weight excluding hydrogens is 269 g/mol. The summed E-state index contributed by atoms with van der Waals surface area (Å²) in [6, 6.07) is 10.5. The zero-order valence-electron chi connectivity index (χ0n) is 11.5. The Morgan fingerprint density at radius 2 is 1.95 bits per heavy atom. The molecule has 1 amide bonds. The van der Waals surface area contributed by atoms with Crippen molar-refractivity contribution in [1.82, 2.24) is 9.38 Å². The summed E-state index contributed by atoms with van der Waals surface area (Å²) >= 11 is 0. The lowest BCUT2D eigenvalue weighted by Crippen LogP contribution is -2.14. The highest BCUT2D eigenvalue weighted by Gasteiger charge is 2.08. The average Bonchev–Trinajstić information content (AvgIpc) is 2.82. The molecule has 4 nitrogen and oxygen atoms in total. The summed E-state index contributed by atoms with van der Waals surface area (Å²) in [5, 5.41) is 2.81. The molecule has 0 aliphatic rings. The lowest BCUT2D eigenvalue weighted by molar-refractivity contribution is -0.115. The van der Waals surface area contributed by atoms with Crippen LogP contribution in [-0.4, -0.2) is 15.3 Å². The Balaban J connectivity index is 1.72. The first kappa shape index (κ1) is 13.3. The number of amides is 1. The van der Waals surface area contributed by atoms with Crippen LogP contribution in [0.3, 0.4) is 0 Å². The zero-order chi connectivity index (χ0) is 14.8. The van der Waals surface area contributed by atoms with Crippen LogP contribution in [0.1, 0.15) is 11.3 Å². The van der Waals surface area contributed by atoms with Crippen LogP contribution in [0, 0.1) is 12.7 Å². The fourth-order valence-electron chi connectivity index (χ4n) is 2.11. The van der Waals surface area contributed by atoms with Crippen LogP contribution in [-0.2, 0) is 11.2 Å². The molecule has 3 rings (SSSR count). The summed E-state index contributed by atoms with van der Waals surface area (Å²) in [5.74, 6) is -0.488. The number of anilines is 1. The molecule has 0 bridgehead atoms. The van der Waals surface area contributed by atoms with Crippen LogP contribution < -0.4 is 5.32 Å². The van der Waals surface area contributed by atoms with Gasteiger partial charge in [-0.05, 0) is 31.2 Å². The molecule has 21 heavy (non-hydrogen) atoms. The van der Waals surface area contributed by atoms with Crippen LogP contribution in [0.25, 0.3) is 5.65 Å². The van der Waals surface area contributed by atoms with Crippen molar-refractivity contribution in [3.05, 3.63) is 65.9 Å². The molecule has 1 N–H and O–H groups in total. The first-order valence-electron chi connectivity index (χ1n) is 6.60. The Kier molecular flexibility index (Phi) is 3.39. The minimum Gasteiger partial charge on any atom is -0.326 e. The Morgan fingerprint density at radius 1 is 1.19 bits per heavy atom. The number of carbonyl (C=O) groups excluding carboxylic acids is 1. The highest BCUT2D eigenvalue weighted by atomic mass is 19.1. The first-order valence-corrected chi connectivity index (χ1v) is 6.60. The molecule has 106 valence electrons. The molecule has 1 aromatic carbocycles. The zero-order valence-corrected chi connectivity index (χ0v) is 11.5. The predicted octanol–water partition coefficient (Wildman–Crippen LogP) is 2.96. The molecule has 0 fully saturated rings. The largest absolute Gasteiger partial charge is 0.326 e. The number of fused-ring (bicyclic) bond motifs is 1. The third kappa shape index (κ3) is 3.08. The molecule has 0 unspecified atom stereocenters. The minimum atomic E-state index is -0.337. The molecule has 2 heterocycles. The Hall–Kier alpha value is -2.69. The van der Waals surface area contributed by atoms with Gasteiger partial charge < -0.3 is 9.72 Å². The van der Waals surface area contributed by atoms with Gasteiger partial charge in [-0.2, -0.15) is 0 Å². The number of aryl methyl sites for hydroxylation is 1. The van der Waals surface area contributed by atoms with Gasteiger partial charge in [-0.15, -0.1) is 0 Å². The Bertz CT molecular complexity index is 793. The van der Waals surface area contributed by atoms with Gasteiger partial charge in [0.25, 0.3) is 0 Å². The van der Waals surface area contributed by atoms with E-state index in [1.807, 2.05) is 31.2 Å². The van der Waals surface area contributed by atoms with E-state index in [0.29, 0.717) is 11.3 Å². The van der Waals surface area contributed by atoms with Gasteiger partial charge in [-0.25, -0.2) is 9.37 Å². The van der Waals surface area contributed by atoms with Gasteiger partial charge in [-0.3, -0.25) is 4.79 Å². The van der Waals surface area contributed by atoms with Gasteiger partial charge >= 0.3 is 0 Å². The molecular formula is C16H14FN3O. The van der Waals surface area contributed by atoms with Gasteiger partial charge in [0.2, 0.25) is 5.91 Å². The molecule has 0 aliphatic heterocycles. The fourth-order valence-corrected chi connectivity index (χ4v) is 2.11. The van der Waals surface area contributed by atoms with Crippen molar-refractivity contribution in [2.75, 3.05) is 5.32 Å². The fraction of sp³-hybridized carbons (Fsp3) is 0.125. The van der Waals surface area contributed by atoms with Crippen molar-refractivity contribution in [3.63, 3.8) is 0 Å². The monoisotopic (exact) mass is 283 g/mol. The van der Waals surface area contributed by atoms with E-state index < -0.39 is 0 Å². The van der Waals surface area contributed by atoms with Crippen molar-refractivity contribution < 1.29 is 9.18 Å². The summed E-state index contributed by atoms with van der Waals surface area (Å²) in [6.45, 7) is 1.99. The minimum absolute atomic E-state index is 0.150. The molecule has 0 atom stereocenters. The van der Waals surface area contributed by atoms with Gasteiger partial charge in [0.15, 0.2) is 0 Å². The van der Waals surface area contributed by atoms with Crippen LogP contribution in [0.15, 0.2) is 48.8 Å². The number of rotatable bonds is 3. The maximum atomic E-state index is 13.1. The standard InChI is InChI=1S/C16H14FN3O/c1-11-2-5-13(6-3-11)19-16(21)8-14-10-20-9-12(17)4-7-15(20)18-14/h2-7,9-10H,8H2,1H3,(H,19,21). The van der Waals surface area contributed by atoms with Gasteiger partial charge in [0.05, 0.1) is 12.1 Å². The highest BCUT2D eigenvalue weighted by molar-refractivity contribution is 5.92. The van der Waals surface area contributed by atoms with Gasteiger partial charge in [0.1, 0.15) is 11.5 Å². The van der Waals surface area contributed by atoms with E-state index in [0.717, 1.165) is 11.3 Å². The number of carbonyl (C=O) groups is 1. The SMILES string of the molecule is Cc1ccc(NC(=O)Cc2cn3cc(F)ccc3n2)cc1. The van der Waals surface area contributed by atoms with Crippen molar-refractivity contribution in [3.8, 4) is 0 Å². The van der Waals surface area contributed by atoms with Crippen molar-refractivity contribution in [2.45, 2.75) is 13.3 Å². The van der Waals surface area contributed by atoms with Crippen molar-refractivity contribution >= 4 is 17.2 Å². The molecule has 3 aromatic rings. The maximum absolute atomic E-state index is 13.1. The summed E-state index contributed by atoms with van der Waals surface area (Å²) in [4.78, 5) is 16.3. The second-order valence-electron chi connectivity index (χ2n) is 4.94. The van der Waals surface area contributed by atoms with E-state index in [1.165, 1.54) is 12.3 Å². The van der Waals surface area contributed by atoms with E-state index in [1.54, 1.807) is 16.7 Å². The molecule has 5 heteroatoms. The molecule has 2 aromatic heterocycles. The first-order chi connectivity index (χ1) is 10.1. The van der Waals surface area contributed by atoms with E-state index in [2.05, 4.69) is 10.3 Å². The van der Waals surface area contributed by atoms with Crippen LogP contribution in [0.4, 0.5) is 10.1 Å². The lowest BCUT2D eigenvalue weighted by atomic mass is 10.2. The van der Waals surface area contributed by atoms with E-state index in [4.69, 9.17) is 0 Å². The summed E-state index contributed by atoms with van der Waals surface area (Å²) in [7, 11) is 0. The van der Waals surface area contributed by atoms with Crippen molar-refractivity contribution in [2.24, 2.45) is 0 Å². The number of nitrogens with zero attached hydrogens (tertiary/aromatic N) is 2.